The molecule has 118 valence electrons. The minimum Gasteiger partial charge on any atom is -0.392 e. The third-order valence-corrected chi connectivity index (χ3v) is 3.79. The number of nitrogens with zero attached hydrogens (tertiary/aromatic N) is 1. The molecule has 1 aromatic heterocycles. The number of hydrogen-bond acceptors (Lipinski definition) is 2. The van der Waals surface area contributed by atoms with Crippen molar-refractivity contribution in [1.82, 2.24) is 4.98 Å². The molecule has 0 aliphatic rings. The molecule has 3 aromatic rings. The molecule has 0 atom stereocenters. The Kier molecular flexibility index (Phi) is 4.00. The number of alkyl halides is 3. The largest absolute Gasteiger partial charge is 0.418 e. The molecule has 0 amide bonds. The number of aromatic nitrogens is 1. The predicted molar refractivity (Wildman–Crippen MR) is 83.1 cm³/mol. The average Bonchev–Trinajstić information content (AvgIpc) is 2.53. The van der Waals surface area contributed by atoms with Gasteiger partial charge in [0.25, 0.3) is 0 Å². The number of pyridine rings is 1. The van der Waals surface area contributed by atoms with Gasteiger partial charge >= 0.3 is 6.18 Å². The van der Waals surface area contributed by atoms with Crippen molar-refractivity contribution in [3.8, 4) is 11.3 Å². The van der Waals surface area contributed by atoms with Crippen LogP contribution in [-0.2, 0) is 12.8 Å². The highest BCUT2D eigenvalue weighted by molar-refractivity contribution is 6.30. The molecular weight excluding hydrogens is 327 g/mol. The van der Waals surface area contributed by atoms with Crippen LogP contribution in [0.5, 0.6) is 0 Å². The molecule has 0 aliphatic heterocycles. The van der Waals surface area contributed by atoms with E-state index in [1.54, 1.807) is 30.3 Å². The number of para-hydroxylation sites is 1. The molecule has 23 heavy (non-hydrogen) atoms. The Morgan fingerprint density at radius 2 is 1.74 bits per heavy atom. The topological polar surface area (TPSA) is 33.1 Å². The fourth-order valence-corrected chi connectivity index (χ4v) is 2.57. The van der Waals surface area contributed by atoms with E-state index in [1.807, 2.05) is 0 Å². The lowest BCUT2D eigenvalue weighted by Crippen LogP contribution is -2.07. The van der Waals surface area contributed by atoms with Gasteiger partial charge in [-0.05, 0) is 29.8 Å². The molecule has 0 aliphatic carbocycles. The van der Waals surface area contributed by atoms with Gasteiger partial charge in [-0.1, -0.05) is 35.9 Å². The lowest BCUT2D eigenvalue weighted by molar-refractivity contribution is -0.136. The van der Waals surface area contributed by atoms with Crippen molar-refractivity contribution in [2.24, 2.45) is 0 Å². The standard InChI is InChI=1S/C17H11ClF3NO/c18-12-6-4-10(5-7-12)15-8-11(9-23)13-2-1-3-14(16(13)22-15)17(19,20)21/h1-8,23H,9H2. The van der Waals surface area contributed by atoms with Crippen molar-refractivity contribution >= 4 is 22.5 Å². The number of aliphatic hydroxyl groups is 1. The highest BCUT2D eigenvalue weighted by atomic mass is 35.5. The molecule has 0 unspecified atom stereocenters. The van der Waals surface area contributed by atoms with Gasteiger partial charge in [0, 0.05) is 16.0 Å². The maximum atomic E-state index is 13.2. The fraction of sp³-hybridized carbons (Fsp3) is 0.118. The molecule has 1 heterocycles. The van der Waals surface area contributed by atoms with Gasteiger partial charge in [0.15, 0.2) is 0 Å². The van der Waals surface area contributed by atoms with E-state index in [4.69, 9.17) is 11.6 Å². The van der Waals surface area contributed by atoms with Crippen molar-refractivity contribution < 1.29 is 18.3 Å². The van der Waals surface area contributed by atoms with Crippen LogP contribution >= 0.6 is 11.6 Å². The number of hydrogen-bond donors (Lipinski definition) is 1. The summed E-state index contributed by atoms with van der Waals surface area (Å²) in [6.07, 6.45) is -4.52. The molecule has 2 nitrogen and oxygen atoms in total. The normalized spacial score (nSPS) is 11.9. The van der Waals surface area contributed by atoms with Crippen LogP contribution < -0.4 is 0 Å². The first-order valence-electron chi connectivity index (χ1n) is 6.77. The summed E-state index contributed by atoms with van der Waals surface area (Å²) in [5.41, 5.74) is 0.390. The SMILES string of the molecule is OCc1cc(-c2ccc(Cl)cc2)nc2c(C(F)(F)F)cccc12. The quantitative estimate of drug-likeness (QED) is 0.708. The van der Waals surface area contributed by atoms with E-state index in [0.29, 0.717) is 27.2 Å². The van der Waals surface area contributed by atoms with Gasteiger partial charge in [0.1, 0.15) is 0 Å². The lowest BCUT2D eigenvalue weighted by Gasteiger charge is -2.13. The van der Waals surface area contributed by atoms with E-state index in [0.717, 1.165) is 6.07 Å². The van der Waals surface area contributed by atoms with Crippen LogP contribution in [0.25, 0.3) is 22.2 Å². The first-order chi connectivity index (χ1) is 10.9. The Hall–Kier alpha value is -2.11. The summed E-state index contributed by atoms with van der Waals surface area (Å²) < 4.78 is 39.7. The number of halogens is 4. The van der Waals surface area contributed by atoms with Gasteiger partial charge in [-0.15, -0.1) is 0 Å². The summed E-state index contributed by atoms with van der Waals surface area (Å²) in [6, 6.07) is 12.0. The molecule has 0 bridgehead atoms. The summed E-state index contributed by atoms with van der Waals surface area (Å²) in [6.45, 7) is -0.374. The van der Waals surface area contributed by atoms with Crippen LogP contribution in [0.3, 0.4) is 0 Å². The Bertz CT molecular complexity index is 860. The third kappa shape index (κ3) is 3.02. The zero-order valence-electron chi connectivity index (χ0n) is 11.7. The zero-order valence-corrected chi connectivity index (χ0v) is 12.5. The predicted octanol–water partition coefficient (Wildman–Crippen LogP) is 5.07. The highest BCUT2D eigenvalue weighted by Gasteiger charge is 2.33. The van der Waals surface area contributed by atoms with E-state index >= 15 is 0 Å². The van der Waals surface area contributed by atoms with Gasteiger partial charge < -0.3 is 5.11 Å². The van der Waals surface area contributed by atoms with Crippen LogP contribution in [0.15, 0.2) is 48.5 Å². The number of aliphatic hydroxyl groups excluding tert-OH is 1. The van der Waals surface area contributed by atoms with E-state index in [1.165, 1.54) is 12.1 Å². The second kappa shape index (κ2) is 5.83. The summed E-state index contributed by atoms with van der Waals surface area (Å²) in [7, 11) is 0. The van der Waals surface area contributed by atoms with Crippen molar-refractivity contribution in [3.63, 3.8) is 0 Å². The third-order valence-electron chi connectivity index (χ3n) is 3.54. The highest BCUT2D eigenvalue weighted by Crippen LogP contribution is 2.36. The van der Waals surface area contributed by atoms with Crippen molar-refractivity contribution in [2.45, 2.75) is 12.8 Å². The van der Waals surface area contributed by atoms with Crippen LogP contribution in [0.1, 0.15) is 11.1 Å². The van der Waals surface area contributed by atoms with Gasteiger partial charge in [0.2, 0.25) is 0 Å². The molecule has 2 aromatic carbocycles. The van der Waals surface area contributed by atoms with Gasteiger partial charge in [0.05, 0.1) is 23.4 Å². The zero-order chi connectivity index (χ0) is 16.6. The van der Waals surface area contributed by atoms with E-state index in [9.17, 15) is 18.3 Å². The molecule has 1 N–H and O–H groups in total. The smallest absolute Gasteiger partial charge is 0.392 e. The first-order valence-corrected chi connectivity index (χ1v) is 7.14. The van der Waals surface area contributed by atoms with Gasteiger partial charge in [-0.25, -0.2) is 4.98 Å². The van der Waals surface area contributed by atoms with Crippen LogP contribution in [0.4, 0.5) is 13.2 Å². The van der Waals surface area contributed by atoms with Gasteiger partial charge in [-0.2, -0.15) is 13.2 Å². The number of benzene rings is 2. The second-order valence-electron chi connectivity index (χ2n) is 5.03. The van der Waals surface area contributed by atoms with Crippen LogP contribution in [-0.4, -0.2) is 10.1 Å². The molecule has 0 saturated carbocycles. The lowest BCUT2D eigenvalue weighted by atomic mass is 10.0. The summed E-state index contributed by atoms with van der Waals surface area (Å²) >= 11 is 5.83. The maximum Gasteiger partial charge on any atom is 0.418 e. The summed E-state index contributed by atoms with van der Waals surface area (Å²) in [5, 5.41) is 10.3. The first kappa shape index (κ1) is 15.8. The Labute approximate surface area is 135 Å². The van der Waals surface area contributed by atoms with Crippen molar-refractivity contribution in [1.29, 1.82) is 0 Å². The van der Waals surface area contributed by atoms with Gasteiger partial charge in [-0.3, -0.25) is 0 Å². The van der Waals surface area contributed by atoms with Crippen molar-refractivity contribution in [2.75, 3.05) is 0 Å². The minimum atomic E-state index is -4.52. The fourth-order valence-electron chi connectivity index (χ4n) is 2.45. The van der Waals surface area contributed by atoms with Crippen molar-refractivity contribution in [3.05, 3.63) is 64.7 Å². The minimum absolute atomic E-state index is 0.170. The maximum absolute atomic E-state index is 13.2. The monoisotopic (exact) mass is 337 g/mol. The number of fused-ring (bicyclic) bond motifs is 1. The molecule has 0 radical (unpaired) electrons. The summed E-state index contributed by atoms with van der Waals surface area (Å²) in [5.74, 6) is 0. The second-order valence-corrected chi connectivity index (χ2v) is 5.47. The number of rotatable bonds is 2. The Morgan fingerprint density at radius 1 is 1.04 bits per heavy atom. The Morgan fingerprint density at radius 3 is 2.35 bits per heavy atom. The molecule has 0 spiro atoms. The molecule has 0 saturated heterocycles. The summed E-state index contributed by atoms with van der Waals surface area (Å²) in [4.78, 5) is 4.18. The van der Waals surface area contributed by atoms with E-state index in [-0.39, 0.29) is 12.1 Å². The molecule has 6 heteroatoms. The average molecular weight is 338 g/mol. The Balaban J connectivity index is 2.31. The van der Waals surface area contributed by atoms with E-state index < -0.39 is 11.7 Å². The van der Waals surface area contributed by atoms with E-state index in [2.05, 4.69) is 4.98 Å². The molecular formula is C17H11ClF3NO. The molecule has 3 rings (SSSR count). The van der Waals surface area contributed by atoms with Crippen LogP contribution in [0.2, 0.25) is 5.02 Å². The molecule has 0 fully saturated rings. The van der Waals surface area contributed by atoms with Crippen LogP contribution in [0, 0.1) is 0 Å².